The average molecular weight is 342 g/mol. The van der Waals surface area contributed by atoms with Gasteiger partial charge < -0.3 is 14.9 Å². The van der Waals surface area contributed by atoms with Crippen LogP contribution in [0, 0.1) is 0 Å². The van der Waals surface area contributed by atoms with Crippen LogP contribution < -0.4 is 9.80 Å². The molecule has 1 saturated heterocycles. The quantitative estimate of drug-likeness (QED) is 0.765. The first kappa shape index (κ1) is 14.8. The van der Waals surface area contributed by atoms with Crippen molar-refractivity contribution in [3.8, 4) is 0 Å². The van der Waals surface area contributed by atoms with Gasteiger partial charge in [0, 0.05) is 32.2 Å². The minimum absolute atomic E-state index is 0.0125. The number of nitrogens with zero attached hydrogens (tertiary/aromatic N) is 6. The highest BCUT2D eigenvalue weighted by Gasteiger charge is 2.22. The molecule has 8 nitrogen and oxygen atoms in total. The summed E-state index contributed by atoms with van der Waals surface area (Å²) >= 11 is 1.64. The molecule has 0 atom stereocenters. The molecule has 1 fully saturated rings. The molecule has 0 saturated carbocycles. The SMILES string of the molecule is O=C(O)c1cc(N2CCN(c3ncnc4ccsc34)CC2)ncn1. The zero-order valence-corrected chi connectivity index (χ0v) is 13.5. The van der Waals surface area contributed by atoms with Crippen molar-refractivity contribution in [3.05, 3.63) is 35.9 Å². The molecule has 1 N–H and O–H groups in total. The summed E-state index contributed by atoms with van der Waals surface area (Å²) in [6.07, 6.45) is 2.89. The third-order valence-electron chi connectivity index (χ3n) is 4.00. The Hall–Kier alpha value is -2.81. The van der Waals surface area contributed by atoms with Gasteiger partial charge in [-0.25, -0.2) is 24.7 Å². The van der Waals surface area contributed by atoms with Crippen molar-refractivity contribution >= 4 is 39.2 Å². The number of hydrogen-bond acceptors (Lipinski definition) is 8. The Bertz CT molecular complexity index is 890. The van der Waals surface area contributed by atoms with Crippen molar-refractivity contribution in [1.29, 1.82) is 0 Å². The maximum absolute atomic E-state index is 11.0. The van der Waals surface area contributed by atoms with Crippen molar-refractivity contribution in [3.63, 3.8) is 0 Å². The minimum Gasteiger partial charge on any atom is -0.477 e. The van der Waals surface area contributed by atoms with Crippen molar-refractivity contribution in [2.24, 2.45) is 0 Å². The van der Waals surface area contributed by atoms with E-state index in [1.807, 2.05) is 11.4 Å². The third kappa shape index (κ3) is 2.62. The fourth-order valence-corrected chi connectivity index (χ4v) is 3.65. The Morgan fingerprint density at radius 3 is 2.58 bits per heavy atom. The van der Waals surface area contributed by atoms with Gasteiger partial charge in [-0.2, -0.15) is 0 Å². The van der Waals surface area contributed by atoms with Crippen LogP contribution in [0.5, 0.6) is 0 Å². The third-order valence-corrected chi connectivity index (χ3v) is 4.90. The van der Waals surface area contributed by atoms with Crippen LogP contribution in [0.2, 0.25) is 0 Å². The highest BCUT2D eigenvalue weighted by molar-refractivity contribution is 7.17. The number of fused-ring (bicyclic) bond motifs is 1. The van der Waals surface area contributed by atoms with E-state index in [2.05, 4.69) is 29.7 Å². The second-order valence-electron chi connectivity index (χ2n) is 5.37. The predicted molar refractivity (Wildman–Crippen MR) is 90.8 cm³/mol. The van der Waals surface area contributed by atoms with E-state index in [4.69, 9.17) is 5.11 Å². The maximum atomic E-state index is 11.0. The van der Waals surface area contributed by atoms with E-state index in [-0.39, 0.29) is 5.69 Å². The lowest BCUT2D eigenvalue weighted by atomic mass is 10.3. The van der Waals surface area contributed by atoms with Crippen molar-refractivity contribution < 1.29 is 9.90 Å². The molecule has 0 aliphatic carbocycles. The number of piperazine rings is 1. The molecule has 1 aliphatic heterocycles. The van der Waals surface area contributed by atoms with Crippen molar-refractivity contribution in [2.75, 3.05) is 36.0 Å². The number of aromatic nitrogens is 4. The van der Waals surface area contributed by atoms with Crippen molar-refractivity contribution in [1.82, 2.24) is 19.9 Å². The lowest BCUT2D eigenvalue weighted by molar-refractivity contribution is 0.0690. The minimum atomic E-state index is -1.04. The number of carboxylic acid groups (broad SMARTS) is 1. The van der Waals surface area contributed by atoms with E-state index in [0.717, 1.165) is 42.2 Å². The number of hydrogen-bond donors (Lipinski definition) is 1. The molecule has 0 spiro atoms. The van der Waals surface area contributed by atoms with Crippen LogP contribution >= 0.6 is 11.3 Å². The zero-order chi connectivity index (χ0) is 16.5. The second-order valence-corrected chi connectivity index (χ2v) is 6.29. The zero-order valence-electron chi connectivity index (χ0n) is 12.7. The molecule has 0 amide bonds. The van der Waals surface area contributed by atoms with Gasteiger partial charge in [-0.15, -0.1) is 11.3 Å². The molecule has 0 radical (unpaired) electrons. The van der Waals surface area contributed by atoms with E-state index >= 15 is 0 Å². The van der Waals surface area contributed by atoms with Crippen LogP contribution in [0.1, 0.15) is 10.5 Å². The van der Waals surface area contributed by atoms with Gasteiger partial charge in [0.1, 0.15) is 24.3 Å². The number of anilines is 2. The van der Waals surface area contributed by atoms with Gasteiger partial charge in [0.2, 0.25) is 0 Å². The van der Waals surface area contributed by atoms with E-state index in [0.29, 0.717) is 5.82 Å². The van der Waals surface area contributed by atoms with Crippen LogP contribution in [0.15, 0.2) is 30.2 Å². The summed E-state index contributed by atoms with van der Waals surface area (Å²) in [5, 5.41) is 11.1. The first-order valence-electron chi connectivity index (χ1n) is 7.46. The number of carboxylic acids is 1. The number of rotatable bonds is 3. The Balaban J connectivity index is 1.52. The summed E-state index contributed by atoms with van der Waals surface area (Å²) in [7, 11) is 0. The van der Waals surface area contributed by atoms with Gasteiger partial charge in [-0.1, -0.05) is 0 Å². The monoisotopic (exact) mass is 342 g/mol. The Labute approximate surface area is 141 Å². The van der Waals surface area contributed by atoms with Gasteiger partial charge >= 0.3 is 5.97 Å². The summed E-state index contributed by atoms with van der Waals surface area (Å²) in [5.41, 5.74) is 0.979. The molecule has 0 bridgehead atoms. The van der Waals surface area contributed by atoms with Crippen LogP contribution in [0.3, 0.4) is 0 Å². The van der Waals surface area contributed by atoms with Crippen LogP contribution in [-0.2, 0) is 0 Å². The van der Waals surface area contributed by atoms with E-state index in [9.17, 15) is 4.79 Å². The first-order valence-corrected chi connectivity index (χ1v) is 8.34. The van der Waals surface area contributed by atoms with Gasteiger partial charge in [0.05, 0.1) is 10.2 Å². The summed E-state index contributed by atoms with van der Waals surface area (Å²) in [5.74, 6) is 0.563. The van der Waals surface area contributed by atoms with Crippen molar-refractivity contribution in [2.45, 2.75) is 0 Å². The predicted octanol–water partition coefficient (Wildman–Crippen LogP) is 1.51. The summed E-state index contributed by atoms with van der Waals surface area (Å²) < 4.78 is 1.10. The van der Waals surface area contributed by atoms with E-state index in [1.54, 1.807) is 17.7 Å². The number of aromatic carboxylic acids is 1. The smallest absolute Gasteiger partial charge is 0.354 e. The maximum Gasteiger partial charge on any atom is 0.354 e. The molecule has 3 aromatic heterocycles. The summed E-state index contributed by atoms with van der Waals surface area (Å²) in [6.45, 7) is 3.06. The second kappa shape index (κ2) is 6.00. The largest absolute Gasteiger partial charge is 0.477 e. The molecular formula is C15H14N6O2S. The average Bonchev–Trinajstić information content (AvgIpc) is 3.11. The number of carbonyl (C=O) groups is 1. The Morgan fingerprint density at radius 2 is 1.79 bits per heavy atom. The lowest BCUT2D eigenvalue weighted by Gasteiger charge is -2.36. The standard InChI is InChI=1S/C15H14N6O2S/c22-15(23)11-7-12(18-8-17-11)20-2-4-21(5-3-20)14-13-10(1-6-24-13)16-9-19-14/h1,6-9H,2-5H2,(H,22,23). The fourth-order valence-electron chi connectivity index (χ4n) is 2.79. The Morgan fingerprint density at radius 1 is 1.04 bits per heavy atom. The molecule has 3 aromatic rings. The van der Waals surface area contributed by atoms with Crippen LogP contribution in [0.4, 0.5) is 11.6 Å². The fraction of sp³-hybridized carbons (Fsp3) is 0.267. The molecule has 9 heteroatoms. The van der Waals surface area contributed by atoms with Gasteiger partial charge in [-0.3, -0.25) is 0 Å². The van der Waals surface area contributed by atoms with Gasteiger partial charge in [0.15, 0.2) is 5.69 Å². The molecule has 4 heterocycles. The Kier molecular flexibility index (Phi) is 3.69. The van der Waals surface area contributed by atoms with Gasteiger partial charge in [0.25, 0.3) is 0 Å². The first-order chi connectivity index (χ1) is 11.7. The van der Waals surface area contributed by atoms with E-state index in [1.165, 1.54) is 12.4 Å². The molecule has 0 unspecified atom stereocenters. The molecular weight excluding hydrogens is 328 g/mol. The molecule has 24 heavy (non-hydrogen) atoms. The normalized spacial score (nSPS) is 15.0. The molecule has 122 valence electrons. The van der Waals surface area contributed by atoms with Gasteiger partial charge in [-0.05, 0) is 11.4 Å². The summed E-state index contributed by atoms with van der Waals surface area (Å²) in [4.78, 5) is 32.0. The van der Waals surface area contributed by atoms with Crippen LogP contribution in [-0.4, -0.2) is 57.2 Å². The lowest BCUT2D eigenvalue weighted by Crippen LogP contribution is -2.47. The summed E-state index contributed by atoms with van der Waals surface area (Å²) in [6, 6.07) is 3.51. The van der Waals surface area contributed by atoms with Crippen LogP contribution in [0.25, 0.3) is 10.2 Å². The highest BCUT2D eigenvalue weighted by atomic mass is 32.1. The highest BCUT2D eigenvalue weighted by Crippen LogP contribution is 2.28. The van der Waals surface area contributed by atoms with E-state index < -0.39 is 5.97 Å². The molecule has 1 aliphatic rings. The molecule has 4 rings (SSSR count). The molecule has 0 aromatic carbocycles. The number of thiophene rings is 1. The topological polar surface area (TPSA) is 95.3 Å².